The van der Waals surface area contributed by atoms with Crippen LogP contribution in [0, 0.1) is 0 Å². The molecule has 0 radical (unpaired) electrons. The number of hydrogen-bond donors (Lipinski definition) is 1. The maximum absolute atomic E-state index is 11.7. The molecule has 0 aliphatic carbocycles. The number of hydrogen-bond acceptors (Lipinski definition) is 4. The number of carbonyl (C=O) groups excluding carboxylic acids is 2. The fourth-order valence-electron chi connectivity index (χ4n) is 1.37. The van der Waals surface area contributed by atoms with Gasteiger partial charge in [-0.1, -0.05) is 0 Å². The Morgan fingerprint density at radius 1 is 1.35 bits per heavy atom. The summed E-state index contributed by atoms with van der Waals surface area (Å²) in [6.45, 7) is 1.66. The molecule has 1 aliphatic heterocycles. The average Bonchev–Trinajstić information content (AvgIpc) is 2.75. The number of fused-ring (bicyclic) bond motifs is 1. The Balaban J connectivity index is 2.12. The molecular weight excluding hydrogens is 246 g/mol. The second-order valence-electron chi connectivity index (χ2n) is 3.57. The van der Waals surface area contributed by atoms with Gasteiger partial charge in [-0.05, 0) is 36.7 Å². The summed E-state index contributed by atoms with van der Waals surface area (Å²) in [7, 11) is 0. The van der Waals surface area contributed by atoms with E-state index in [9.17, 15) is 9.59 Å². The molecule has 0 bridgehead atoms. The van der Waals surface area contributed by atoms with Crippen molar-refractivity contribution in [3.63, 3.8) is 0 Å². The van der Waals surface area contributed by atoms with Crippen LogP contribution in [0.25, 0.3) is 0 Å². The van der Waals surface area contributed by atoms with Crippen molar-refractivity contribution in [3.8, 4) is 11.5 Å². The lowest BCUT2D eigenvalue weighted by molar-refractivity contribution is -0.113. The summed E-state index contributed by atoms with van der Waals surface area (Å²) in [5, 5.41) is 1.86. The second kappa shape index (κ2) is 4.63. The fourth-order valence-corrected chi connectivity index (χ4v) is 1.43. The molecule has 1 amide bonds. The van der Waals surface area contributed by atoms with Gasteiger partial charge in [-0.15, -0.1) is 0 Å². The Kier molecular flexibility index (Phi) is 3.19. The average molecular weight is 256 g/mol. The van der Waals surface area contributed by atoms with Gasteiger partial charge in [0.15, 0.2) is 11.5 Å². The summed E-state index contributed by atoms with van der Waals surface area (Å²) in [5.74, 6) is 0.732. The molecule has 5 nitrogen and oxygen atoms in total. The number of ether oxygens (including phenoxy) is 2. The predicted octanol–water partition coefficient (Wildman–Crippen LogP) is 1.30. The van der Waals surface area contributed by atoms with E-state index in [-0.39, 0.29) is 12.7 Å². The van der Waals surface area contributed by atoms with Gasteiger partial charge in [-0.3, -0.25) is 9.59 Å². The van der Waals surface area contributed by atoms with Gasteiger partial charge in [0.05, 0.1) is 0 Å². The van der Waals surface area contributed by atoms with Crippen LogP contribution in [0.2, 0.25) is 0 Å². The van der Waals surface area contributed by atoms with Gasteiger partial charge < -0.3 is 14.8 Å². The van der Waals surface area contributed by atoms with Crippen LogP contribution in [0.3, 0.4) is 0 Å². The van der Waals surface area contributed by atoms with Crippen molar-refractivity contribution in [1.29, 1.82) is 0 Å². The Hall–Kier alpha value is -1.75. The molecule has 6 heteroatoms. The van der Waals surface area contributed by atoms with Crippen molar-refractivity contribution < 1.29 is 19.1 Å². The van der Waals surface area contributed by atoms with Gasteiger partial charge in [0, 0.05) is 5.56 Å². The first-order valence-electron chi connectivity index (χ1n) is 4.98. The summed E-state index contributed by atoms with van der Waals surface area (Å²) in [6, 6.07) is 4.07. The summed E-state index contributed by atoms with van der Waals surface area (Å²) in [6.07, 6.45) is 0. The largest absolute Gasteiger partial charge is 0.454 e. The topological polar surface area (TPSA) is 64.6 Å². The maximum Gasteiger partial charge on any atom is 0.252 e. The molecule has 0 aromatic heterocycles. The Morgan fingerprint density at radius 3 is 2.76 bits per heavy atom. The van der Waals surface area contributed by atoms with E-state index in [4.69, 9.17) is 21.1 Å². The molecule has 1 aliphatic rings. The zero-order valence-electron chi connectivity index (χ0n) is 9.03. The highest BCUT2D eigenvalue weighted by molar-refractivity contribution is 6.64. The van der Waals surface area contributed by atoms with Gasteiger partial charge in [0.2, 0.25) is 12.0 Å². The minimum absolute atomic E-state index is 0.150. The van der Waals surface area contributed by atoms with Crippen LogP contribution >= 0.6 is 11.6 Å². The van der Waals surface area contributed by atoms with Gasteiger partial charge in [-0.25, -0.2) is 0 Å². The van der Waals surface area contributed by atoms with Crippen molar-refractivity contribution in [2.24, 2.45) is 0 Å². The van der Waals surface area contributed by atoms with E-state index >= 15 is 0 Å². The number of carbonyl (C=O) groups is 2. The summed E-state index contributed by atoms with van der Waals surface area (Å²) in [4.78, 5) is 22.5. The van der Waals surface area contributed by atoms with Crippen LogP contribution in [0.5, 0.6) is 11.5 Å². The van der Waals surface area contributed by atoms with Crippen molar-refractivity contribution in [2.45, 2.75) is 13.0 Å². The van der Waals surface area contributed by atoms with E-state index in [1.807, 2.05) is 0 Å². The summed E-state index contributed by atoms with van der Waals surface area (Å²) in [5.41, 5.74) is 0.388. The van der Waals surface area contributed by atoms with Crippen molar-refractivity contribution in [3.05, 3.63) is 23.8 Å². The molecule has 1 unspecified atom stereocenters. The summed E-state index contributed by atoms with van der Waals surface area (Å²) >= 11 is 5.26. The normalized spacial score (nSPS) is 14.2. The quantitative estimate of drug-likeness (QED) is 0.827. The highest BCUT2D eigenvalue weighted by Crippen LogP contribution is 2.32. The molecule has 2 rings (SSSR count). The second-order valence-corrected chi connectivity index (χ2v) is 3.94. The standard InChI is InChI=1S/C11H10ClNO4/c1-6(10(12)14)13-11(15)7-2-3-8-9(4-7)17-5-16-8/h2-4,6H,5H2,1H3,(H,13,15). The molecule has 0 fully saturated rings. The Labute approximate surface area is 103 Å². The lowest BCUT2D eigenvalue weighted by Crippen LogP contribution is -2.36. The lowest BCUT2D eigenvalue weighted by atomic mass is 10.2. The minimum Gasteiger partial charge on any atom is -0.454 e. The van der Waals surface area contributed by atoms with Crippen molar-refractivity contribution >= 4 is 22.8 Å². The van der Waals surface area contributed by atoms with Crippen LogP contribution in [-0.4, -0.2) is 24.0 Å². The van der Waals surface area contributed by atoms with Crippen LogP contribution in [0.4, 0.5) is 0 Å². The highest BCUT2D eigenvalue weighted by atomic mass is 35.5. The molecule has 0 saturated heterocycles. The molecule has 1 atom stereocenters. The SMILES string of the molecule is CC(NC(=O)c1ccc2c(c1)OCO2)C(=O)Cl. The van der Waals surface area contributed by atoms with E-state index in [1.165, 1.54) is 6.92 Å². The first-order valence-corrected chi connectivity index (χ1v) is 5.35. The monoisotopic (exact) mass is 255 g/mol. The zero-order valence-corrected chi connectivity index (χ0v) is 9.78. The number of benzene rings is 1. The molecule has 17 heavy (non-hydrogen) atoms. The van der Waals surface area contributed by atoms with E-state index in [2.05, 4.69) is 5.32 Å². The molecule has 1 heterocycles. The number of halogens is 1. The van der Waals surface area contributed by atoms with E-state index in [0.717, 1.165) is 0 Å². The third-order valence-corrected chi connectivity index (χ3v) is 2.65. The third kappa shape index (κ3) is 2.50. The van der Waals surface area contributed by atoms with E-state index in [1.54, 1.807) is 18.2 Å². The van der Waals surface area contributed by atoms with Gasteiger partial charge in [0.1, 0.15) is 6.04 Å². The minimum atomic E-state index is -0.727. The summed E-state index contributed by atoms with van der Waals surface area (Å²) < 4.78 is 10.3. The Bertz CT molecular complexity index is 475. The van der Waals surface area contributed by atoms with Crippen molar-refractivity contribution in [2.75, 3.05) is 6.79 Å². The van der Waals surface area contributed by atoms with Gasteiger partial charge in [-0.2, -0.15) is 0 Å². The van der Waals surface area contributed by atoms with Crippen LogP contribution in [0.15, 0.2) is 18.2 Å². The van der Waals surface area contributed by atoms with Crippen LogP contribution < -0.4 is 14.8 Å². The molecule has 90 valence electrons. The van der Waals surface area contributed by atoms with Crippen LogP contribution in [0.1, 0.15) is 17.3 Å². The molecule has 1 N–H and O–H groups in total. The first-order chi connectivity index (χ1) is 8.08. The lowest BCUT2D eigenvalue weighted by Gasteiger charge is -2.09. The molecule has 0 spiro atoms. The van der Waals surface area contributed by atoms with Crippen molar-refractivity contribution in [1.82, 2.24) is 5.32 Å². The van der Waals surface area contributed by atoms with Gasteiger partial charge >= 0.3 is 0 Å². The van der Waals surface area contributed by atoms with Crippen LogP contribution in [-0.2, 0) is 4.79 Å². The Morgan fingerprint density at radius 2 is 2.06 bits per heavy atom. The van der Waals surface area contributed by atoms with E-state index in [0.29, 0.717) is 17.1 Å². The predicted molar refractivity (Wildman–Crippen MR) is 60.4 cm³/mol. The molecule has 1 aromatic rings. The highest BCUT2D eigenvalue weighted by Gasteiger charge is 2.18. The number of nitrogens with one attached hydrogen (secondary N) is 1. The number of amides is 1. The number of rotatable bonds is 3. The smallest absolute Gasteiger partial charge is 0.252 e. The van der Waals surface area contributed by atoms with Gasteiger partial charge in [0.25, 0.3) is 5.91 Å². The molecule has 0 saturated carbocycles. The molecular formula is C11H10ClNO4. The third-order valence-electron chi connectivity index (χ3n) is 2.32. The maximum atomic E-state index is 11.7. The first kappa shape index (κ1) is 11.7. The molecule has 1 aromatic carbocycles. The zero-order chi connectivity index (χ0) is 12.4. The fraction of sp³-hybridized carbons (Fsp3) is 0.273. The van der Waals surface area contributed by atoms with E-state index < -0.39 is 11.3 Å².